The number of benzene rings is 2. The number of rotatable bonds is 4. The Morgan fingerprint density at radius 1 is 1.21 bits per heavy atom. The fourth-order valence-electron chi connectivity index (χ4n) is 1.70. The second kappa shape index (κ2) is 6.25. The zero-order chi connectivity index (χ0) is 13.7. The van der Waals surface area contributed by atoms with Gasteiger partial charge in [0.15, 0.2) is 0 Å². The van der Waals surface area contributed by atoms with Crippen LogP contribution in [0.2, 0.25) is 5.02 Å². The summed E-state index contributed by atoms with van der Waals surface area (Å²) in [6, 6.07) is 14.7. The average molecular weight is 276 g/mol. The molecule has 0 saturated carbocycles. The van der Waals surface area contributed by atoms with Crippen LogP contribution in [0.1, 0.15) is 5.56 Å². The van der Waals surface area contributed by atoms with Crippen molar-refractivity contribution in [2.45, 2.75) is 6.42 Å². The lowest BCUT2D eigenvalue weighted by Crippen LogP contribution is -2.14. The lowest BCUT2D eigenvalue weighted by atomic mass is 10.1. The molecule has 0 radical (unpaired) electrons. The van der Waals surface area contributed by atoms with E-state index in [-0.39, 0.29) is 5.91 Å². The monoisotopic (exact) mass is 275 g/mol. The first-order valence-corrected chi connectivity index (χ1v) is 6.24. The first-order valence-electron chi connectivity index (χ1n) is 5.86. The van der Waals surface area contributed by atoms with Gasteiger partial charge in [0.2, 0.25) is 5.91 Å². The molecule has 0 aliphatic carbocycles. The zero-order valence-electron chi connectivity index (χ0n) is 10.5. The van der Waals surface area contributed by atoms with Crippen molar-refractivity contribution in [1.82, 2.24) is 0 Å². The van der Waals surface area contributed by atoms with Gasteiger partial charge in [-0.15, -0.1) is 0 Å². The van der Waals surface area contributed by atoms with Crippen LogP contribution in [0.3, 0.4) is 0 Å². The molecule has 3 nitrogen and oxygen atoms in total. The summed E-state index contributed by atoms with van der Waals surface area (Å²) in [6.07, 6.45) is 0.314. The molecule has 0 unspecified atom stereocenters. The molecule has 19 heavy (non-hydrogen) atoms. The number of methoxy groups -OCH3 is 1. The van der Waals surface area contributed by atoms with Crippen molar-refractivity contribution in [2.75, 3.05) is 12.4 Å². The number of hydrogen-bond acceptors (Lipinski definition) is 2. The number of nitrogens with one attached hydrogen (secondary N) is 1. The number of halogens is 1. The maximum atomic E-state index is 11.9. The van der Waals surface area contributed by atoms with Gasteiger partial charge in [0.05, 0.1) is 24.2 Å². The lowest BCUT2D eigenvalue weighted by molar-refractivity contribution is -0.115. The highest BCUT2D eigenvalue weighted by Crippen LogP contribution is 2.26. The van der Waals surface area contributed by atoms with Crippen LogP contribution >= 0.6 is 11.6 Å². The molecular weight excluding hydrogens is 262 g/mol. The van der Waals surface area contributed by atoms with E-state index in [9.17, 15) is 4.79 Å². The second-order valence-electron chi connectivity index (χ2n) is 4.06. The molecule has 1 N–H and O–H groups in total. The Balaban J connectivity index is 2.06. The number of anilines is 1. The van der Waals surface area contributed by atoms with Crippen molar-refractivity contribution >= 4 is 23.2 Å². The minimum Gasteiger partial charge on any atom is -0.497 e. The number of amides is 1. The van der Waals surface area contributed by atoms with Gasteiger partial charge in [-0.1, -0.05) is 41.9 Å². The summed E-state index contributed by atoms with van der Waals surface area (Å²) in [4.78, 5) is 11.9. The van der Waals surface area contributed by atoms with Gasteiger partial charge in [-0.25, -0.2) is 0 Å². The van der Waals surface area contributed by atoms with Crippen LogP contribution < -0.4 is 10.1 Å². The summed E-state index contributed by atoms with van der Waals surface area (Å²) >= 11 is 6.03. The van der Waals surface area contributed by atoms with Crippen LogP contribution in [-0.4, -0.2) is 13.0 Å². The Hall–Kier alpha value is -2.00. The van der Waals surface area contributed by atoms with Crippen molar-refractivity contribution < 1.29 is 9.53 Å². The van der Waals surface area contributed by atoms with Crippen molar-refractivity contribution in [1.29, 1.82) is 0 Å². The molecule has 4 heteroatoms. The molecule has 0 aliphatic rings. The van der Waals surface area contributed by atoms with Gasteiger partial charge in [-0.05, 0) is 17.7 Å². The third kappa shape index (κ3) is 3.73. The van der Waals surface area contributed by atoms with Crippen LogP contribution in [-0.2, 0) is 11.2 Å². The van der Waals surface area contributed by atoms with Crippen molar-refractivity contribution in [3.63, 3.8) is 0 Å². The largest absolute Gasteiger partial charge is 0.497 e. The topological polar surface area (TPSA) is 38.3 Å². The maximum absolute atomic E-state index is 11.9. The van der Waals surface area contributed by atoms with Crippen molar-refractivity contribution in [3.8, 4) is 5.75 Å². The highest BCUT2D eigenvalue weighted by molar-refractivity contribution is 6.33. The molecule has 0 saturated heterocycles. The van der Waals surface area contributed by atoms with Crippen LogP contribution in [0.15, 0.2) is 48.5 Å². The summed E-state index contributed by atoms with van der Waals surface area (Å²) in [5.74, 6) is 0.542. The van der Waals surface area contributed by atoms with Crippen LogP contribution in [0, 0.1) is 0 Å². The Bertz CT molecular complexity index is 570. The Morgan fingerprint density at radius 2 is 1.95 bits per heavy atom. The summed E-state index contributed by atoms with van der Waals surface area (Å²) in [6.45, 7) is 0. The van der Waals surface area contributed by atoms with Gasteiger partial charge < -0.3 is 10.1 Å². The molecule has 0 aromatic heterocycles. The number of ether oxygens (including phenoxy) is 1. The quantitative estimate of drug-likeness (QED) is 0.927. The molecule has 2 rings (SSSR count). The van der Waals surface area contributed by atoms with Gasteiger partial charge in [-0.2, -0.15) is 0 Å². The van der Waals surface area contributed by atoms with E-state index in [2.05, 4.69) is 5.32 Å². The van der Waals surface area contributed by atoms with Crippen molar-refractivity contribution in [3.05, 3.63) is 59.1 Å². The molecule has 2 aromatic rings. The van der Waals surface area contributed by atoms with Gasteiger partial charge in [-0.3, -0.25) is 4.79 Å². The molecule has 0 heterocycles. The molecule has 98 valence electrons. The smallest absolute Gasteiger partial charge is 0.228 e. The standard InChI is InChI=1S/C15H14ClNO2/c1-19-12-7-8-13(16)14(10-12)17-15(18)9-11-5-3-2-4-6-11/h2-8,10H,9H2,1H3,(H,17,18). The molecule has 0 aliphatic heterocycles. The van der Waals surface area contributed by atoms with E-state index in [1.807, 2.05) is 30.3 Å². The van der Waals surface area contributed by atoms with Gasteiger partial charge >= 0.3 is 0 Å². The Labute approximate surface area is 117 Å². The summed E-state index contributed by atoms with van der Waals surface area (Å²) in [7, 11) is 1.57. The van der Waals surface area contributed by atoms with E-state index in [0.29, 0.717) is 22.9 Å². The zero-order valence-corrected chi connectivity index (χ0v) is 11.3. The van der Waals surface area contributed by atoms with Crippen LogP contribution in [0.4, 0.5) is 5.69 Å². The van der Waals surface area contributed by atoms with E-state index >= 15 is 0 Å². The summed E-state index contributed by atoms with van der Waals surface area (Å²) in [5.41, 5.74) is 1.51. The van der Waals surface area contributed by atoms with Gasteiger partial charge in [0, 0.05) is 6.07 Å². The van der Waals surface area contributed by atoms with Gasteiger partial charge in [0.1, 0.15) is 5.75 Å². The average Bonchev–Trinajstić information content (AvgIpc) is 2.42. The molecular formula is C15H14ClNO2. The highest BCUT2D eigenvalue weighted by Gasteiger charge is 2.08. The number of hydrogen-bond donors (Lipinski definition) is 1. The Kier molecular flexibility index (Phi) is 4.42. The molecule has 2 aromatic carbocycles. The summed E-state index contributed by atoms with van der Waals surface area (Å²) < 4.78 is 5.10. The fraction of sp³-hybridized carbons (Fsp3) is 0.133. The van der Waals surface area contributed by atoms with Crippen LogP contribution in [0.5, 0.6) is 5.75 Å². The highest BCUT2D eigenvalue weighted by atomic mass is 35.5. The molecule has 0 spiro atoms. The first-order chi connectivity index (χ1) is 9.19. The third-order valence-corrected chi connectivity index (χ3v) is 2.98. The van der Waals surface area contributed by atoms with E-state index in [4.69, 9.17) is 16.3 Å². The SMILES string of the molecule is COc1ccc(Cl)c(NC(=O)Cc2ccccc2)c1. The van der Waals surface area contributed by atoms with Gasteiger partial charge in [0.25, 0.3) is 0 Å². The molecule has 0 atom stereocenters. The maximum Gasteiger partial charge on any atom is 0.228 e. The fourth-order valence-corrected chi connectivity index (χ4v) is 1.87. The second-order valence-corrected chi connectivity index (χ2v) is 4.46. The summed E-state index contributed by atoms with van der Waals surface area (Å²) in [5, 5.41) is 3.27. The van der Waals surface area contributed by atoms with Crippen molar-refractivity contribution in [2.24, 2.45) is 0 Å². The van der Waals surface area contributed by atoms with Crippen LogP contribution in [0.25, 0.3) is 0 Å². The third-order valence-electron chi connectivity index (χ3n) is 2.66. The molecule has 0 fully saturated rings. The lowest BCUT2D eigenvalue weighted by Gasteiger charge is -2.09. The first kappa shape index (κ1) is 13.4. The normalized spacial score (nSPS) is 10.0. The minimum absolute atomic E-state index is 0.110. The molecule has 1 amide bonds. The van der Waals surface area contributed by atoms with E-state index in [0.717, 1.165) is 5.56 Å². The number of carbonyl (C=O) groups excluding carboxylic acids is 1. The minimum atomic E-state index is -0.110. The Morgan fingerprint density at radius 3 is 2.63 bits per heavy atom. The van der Waals surface area contributed by atoms with E-state index in [1.165, 1.54) is 0 Å². The van der Waals surface area contributed by atoms with E-state index < -0.39 is 0 Å². The van der Waals surface area contributed by atoms with E-state index in [1.54, 1.807) is 25.3 Å². The predicted molar refractivity (Wildman–Crippen MR) is 76.8 cm³/mol. The number of carbonyl (C=O) groups is 1. The predicted octanol–water partition coefficient (Wildman–Crippen LogP) is 3.53. The molecule has 0 bridgehead atoms.